The predicted octanol–water partition coefficient (Wildman–Crippen LogP) is 2.49. The summed E-state index contributed by atoms with van der Waals surface area (Å²) in [6.45, 7) is 0.305. The van der Waals surface area contributed by atoms with Gasteiger partial charge in [-0.15, -0.1) is 0 Å². The smallest absolute Gasteiger partial charge is 0.368 e. The molecule has 2 amide bonds. The van der Waals surface area contributed by atoms with Crippen molar-refractivity contribution in [1.82, 2.24) is 10.3 Å². The molecule has 1 fully saturated rings. The number of nitrogens with one attached hydrogen (secondary N) is 2. The Balaban J connectivity index is 1.62. The maximum Gasteiger partial charge on any atom is 0.418 e. The first-order valence-corrected chi connectivity index (χ1v) is 8.92. The van der Waals surface area contributed by atoms with Gasteiger partial charge in [0, 0.05) is 6.61 Å². The van der Waals surface area contributed by atoms with Gasteiger partial charge in [0.1, 0.15) is 11.9 Å². The van der Waals surface area contributed by atoms with E-state index in [1.54, 1.807) is 0 Å². The number of carbonyl (C=O) groups is 2. The van der Waals surface area contributed by atoms with E-state index in [0.29, 0.717) is 18.2 Å². The molecule has 30 heavy (non-hydrogen) atoms. The van der Waals surface area contributed by atoms with Crippen LogP contribution < -0.4 is 16.4 Å². The average Bonchev–Trinajstić information content (AvgIpc) is 3.18. The number of carbonyl (C=O) groups excluding carboxylic acids is 2. The fourth-order valence-corrected chi connectivity index (χ4v) is 3.07. The number of amides is 2. The monoisotopic (exact) mass is 426 g/mol. The third-order valence-corrected chi connectivity index (χ3v) is 4.54. The van der Waals surface area contributed by atoms with Crippen LogP contribution in [0.4, 0.5) is 28.9 Å². The number of primary amides is 1. The Bertz CT molecular complexity index is 934. The molecule has 0 radical (unpaired) electrons. The summed E-state index contributed by atoms with van der Waals surface area (Å²) in [6, 6.07) is 5.30. The molecule has 3 rings (SSSR count). The zero-order valence-corrected chi connectivity index (χ0v) is 15.5. The molecule has 4 N–H and O–H groups in total. The first-order valence-electron chi connectivity index (χ1n) is 8.92. The summed E-state index contributed by atoms with van der Waals surface area (Å²) >= 11 is 0. The van der Waals surface area contributed by atoms with Gasteiger partial charge in [0.2, 0.25) is 11.8 Å². The molecule has 1 saturated heterocycles. The van der Waals surface area contributed by atoms with Gasteiger partial charge in [-0.25, -0.2) is 4.39 Å². The Morgan fingerprint density at radius 1 is 1.23 bits per heavy atom. The fraction of sp³-hybridized carbons (Fsp3) is 0.316. The van der Waals surface area contributed by atoms with Crippen LogP contribution in [0.5, 0.6) is 0 Å². The number of nitrogens with zero attached hydrogens (tertiary/aromatic N) is 1. The van der Waals surface area contributed by atoms with E-state index in [4.69, 9.17) is 10.5 Å². The molecule has 0 aliphatic carbocycles. The van der Waals surface area contributed by atoms with Gasteiger partial charge in [-0.05, 0) is 36.8 Å². The molecular formula is C19H18F4N4O3. The number of nitrogens with two attached hydrogens (primary N) is 1. The first kappa shape index (κ1) is 21.5. The number of halogens is 4. The fourth-order valence-electron chi connectivity index (χ4n) is 3.07. The summed E-state index contributed by atoms with van der Waals surface area (Å²) in [5.74, 6) is -2.78. The highest BCUT2D eigenvalue weighted by atomic mass is 19.4. The van der Waals surface area contributed by atoms with Crippen molar-refractivity contribution in [2.24, 2.45) is 11.7 Å². The highest BCUT2D eigenvalue weighted by molar-refractivity contribution is 5.89. The summed E-state index contributed by atoms with van der Waals surface area (Å²) in [5.41, 5.74) is 4.45. The third-order valence-electron chi connectivity index (χ3n) is 4.54. The van der Waals surface area contributed by atoms with E-state index in [2.05, 4.69) is 15.6 Å². The van der Waals surface area contributed by atoms with Crippen molar-refractivity contribution in [3.8, 4) is 0 Å². The molecule has 1 aromatic carbocycles. The molecule has 0 saturated carbocycles. The molecule has 2 heterocycles. The van der Waals surface area contributed by atoms with Gasteiger partial charge in [-0.3, -0.25) is 14.6 Å². The molecule has 1 aliphatic heterocycles. The largest absolute Gasteiger partial charge is 0.418 e. The highest BCUT2D eigenvalue weighted by Gasteiger charge is 2.37. The summed E-state index contributed by atoms with van der Waals surface area (Å²) in [5, 5.41) is 5.19. The highest BCUT2D eigenvalue weighted by Crippen LogP contribution is 2.36. The van der Waals surface area contributed by atoms with Crippen molar-refractivity contribution >= 4 is 23.2 Å². The minimum Gasteiger partial charge on any atom is -0.368 e. The number of aromatic nitrogens is 1. The number of pyridine rings is 1. The summed E-state index contributed by atoms with van der Waals surface area (Å²) in [6.07, 6.45) is -4.04. The minimum absolute atomic E-state index is 0.0471. The topological polar surface area (TPSA) is 106 Å². The van der Waals surface area contributed by atoms with Crippen LogP contribution in [-0.4, -0.2) is 29.5 Å². The lowest BCUT2D eigenvalue weighted by molar-refractivity contribution is -0.137. The lowest BCUT2D eigenvalue weighted by Crippen LogP contribution is -2.41. The van der Waals surface area contributed by atoms with E-state index in [-0.39, 0.29) is 24.5 Å². The van der Waals surface area contributed by atoms with Gasteiger partial charge < -0.3 is 21.1 Å². The summed E-state index contributed by atoms with van der Waals surface area (Å²) < 4.78 is 57.6. The maximum atomic E-state index is 13.2. The van der Waals surface area contributed by atoms with Gasteiger partial charge in [0.05, 0.1) is 41.3 Å². The number of hydrogen-bond acceptors (Lipinski definition) is 5. The zero-order chi connectivity index (χ0) is 21.9. The van der Waals surface area contributed by atoms with Crippen LogP contribution in [0.25, 0.3) is 0 Å². The molecule has 160 valence electrons. The SMILES string of the molecule is NC(=O)C1OCCC1C(=O)NCc1ccc(Nc2ccc(F)cc2C(F)(F)F)cn1. The molecule has 2 unspecified atom stereocenters. The lowest BCUT2D eigenvalue weighted by Gasteiger charge is -2.16. The number of alkyl halides is 3. The Labute approximate surface area is 168 Å². The van der Waals surface area contributed by atoms with Gasteiger partial charge in [-0.1, -0.05) is 0 Å². The van der Waals surface area contributed by atoms with Crippen molar-refractivity contribution in [2.45, 2.75) is 25.2 Å². The Morgan fingerprint density at radius 3 is 2.63 bits per heavy atom. The van der Waals surface area contributed by atoms with E-state index in [1.165, 1.54) is 18.3 Å². The van der Waals surface area contributed by atoms with Crippen molar-refractivity contribution < 1.29 is 31.9 Å². The van der Waals surface area contributed by atoms with Crippen molar-refractivity contribution in [3.63, 3.8) is 0 Å². The second kappa shape index (κ2) is 8.66. The molecule has 0 spiro atoms. The van der Waals surface area contributed by atoms with Crippen LogP contribution in [0.2, 0.25) is 0 Å². The van der Waals surface area contributed by atoms with Crippen LogP contribution in [-0.2, 0) is 27.0 Å². The van der Waals surface area contributed by atoms with Crippen LogP contribution >= 0.6 is 0 Å². The summed E-state index contributed by atoms with van der Waals surface area (Å²) in [4.78, 5) is 27.6. The number of anilines is 2. The van der Waals surface area contributed by atoms with Gasteiger partial charge >= 0.3 is 6.18 Å². The normalized spacial score (nSPS) is 18.8. The molecular weight excluding hydrogens is 408 g/mol. The second-order valence-electron chi connectivity index (χ2n) is 6.66. The molecule has 1 aromatic heterocycles. The molecule has 2 atom stereocenters. The van der Waals surface area contributed by atoms with Crippen LogP contribution in [0.3, 0.4) is 0 Å². The van der Waals surface area contributed by atoms with Crippen LogP contribution in [0, 0.1) is 11.7 Å². The molecule has 2 aromatic rings. The standard InChI is InChI=1S/C19H18F4N4O3/c20-10-1-4-15(14(7-10)19(21,22)23)27-12-3-2-11(25-9-12)8-26-18(29)13-5-6-30-16(13)17(24)28/h1-4,7,9,13,16,27H,5-6,8H2,(H2,24,28)(H,26,29). The van der Waals surface area contributed by atoms with E-state index in [1.807, 2.05) is 0 Å². The Hall–Kier alpha value is -3.21. The van der Waals surface area contributed by atoms with Crippen LogP contribution in [0.1, 0.15) is 17.7 Å². The molecule has 7 nitrogen and oxygen atoms in total. The maximum absolute atomic E-state index is 13.2. The third kappa shape index (κ3) is 5.03. The van der Waals surface area contributed by atoms with E-state index < -0.39 is 41.4 Å². The zero-order valence-electron chi connectivity index (χ0n) is 15.5. The van der Waals surface area contributed by atoms with Gasteiger partial charge in [0.15, 0.2) is 0 Å². The number of rotatable bonds is 6. The number of hydrogen-bond donors (Lipinski definition) is 3. The second-order valence-corrected chi connectivity index (χ2v) is 6.66. The molecule has 1 aliphatic rings. The van der Waals surface area contributed by atoms with E-state index in [9.17, 15) is 27.2 Å². The quantitative estimate of drug-likeness (QED) is 0.616. The molecule has 0 bridgehead atoms. The van der Waals surface area contributed by atoms with E-state index in [0.717, 1.165) is 12.1 Å². The van der Waals surface area contributed by atoms with E-state index >= 15 is 0 Å². The van der Waals surface area contributed by atoms with Crippen molar-refractivity contribution in [1.29, 1.82) is 0 Å². The number of benzene rings is 1. The number of ether oxygens (including phenoxy) is 1. The van der Waals surface area contributed by atoms with Gasteiger partial charge in [0.25, 0.3) is 0 Å². The van der Waals surface area contributed by atoms with Gasteiger partial charge in [-0.2, -0.15) is 13.2 Å². The first-order chi connectivity index (χ1) is 14.1. The minimum atomic E-state index is -4.73. The molecule has 11 heteroatoms. The van der Waals surface area contributed by atoms with Crippen LogP contribution in [0.15, 0.2) is 36.5 Å². The van der Waals surface area contributed by atoms with Crippen molar-refractivity contribution in [3.05, 3.63) is 53.6 Å². The Morgan fingerprint density at radius 2 is 2.00 bits per heavy atom. The Kier molecular flexibility index (Phi) is 6.20. The van der Waals surface area contributed by atoms with Crippen molar-refractivity contribution in [2.75, 3.05) is 11.9 Å². The predicted molar refractivity (Wildman–Crippen MR) is 97.8 cm³/mol. The summed E-state index contributed by atoms with van der Waals surface area (Å²) in [7, 11) is 0. The lowest BCUT2D eigenvalue weighted by atomic mass is 10.00. The average molecular weight is 426 g/mol.